The number of halogens is 2. The van der Waals surface area contributed by atoms with Gasteiger partial charge >= 0.3 is 5.69 Å². The second kappa shape index (κ2) is 3.93. The van der Waals surface area contributed by atoms with Crippen LogP contribution < -0.4 is 5.32 Å². The first kappa shape index (κ1) is 10.3. The van der Waals surface area contributed by atoms with Gasteiger partial charge < -0.3 is 5.32 Å². The van der Waals surface area contributed by atoms with Gasteiger partial charge in [-0.2, -0.15) is 0 Å². The van der Waals surface area contributed by atoms with Gasteiger partial charge in [0.15, 0.2) is 0 Å². The molecule has 0 aliphatic rings. The van der Waals surface area contributed by atoms with Crippen LogP contribution in [0.4, 0.5) is 11.4 Å². The molecule has 1 N–H and O–H groups in total. The molecule has 0 amide bonds. The fraction of sp³-hybridized carbons (Fsp3) is 0.143. The molecule has 0 aromatic heterocycles. The van der Waals surface area contributed by atoms with Crippen LogP contribution in [0, 0.1) is 10.1 Å². The summed E-state index contributed by atoms with van der Waals surface area (Å²) in [6.45, 7) is 0. The number of hydrogen-bond donors (Lipinski definition) is 1. The summed E-state index contributed by atoms with van der Waals surface area (Å²) in [7, 11) is 1.58. The van der Waals surface area contributed by atoms with Crippen LogP contribution in [0.3, 0.4) is 0 Å². The first-order valence-corrected chi connectivity index (χ1v) is 4.55. The minimum atomic E-state index is -0.484. The number of nitro benzene ring substituents is 1. The number of hydrogen-bond acceptors (Lipinski definition) is 3. The van der Waals surface area contributed by atoms with Crippen molar-refractivity contribution in [3.63, 3.8) is 0 Å². The van der Waals surface area contributed by atoms with E-state index in [1.54, 1.807) is 19.2 Å². The zero-order valence-electron chi connectivity index (χ0n) is 6.67. The van der Waals surface area contributed by atoms with Crippen molar-refractivity contribution in [1.82, 2.24) is 0 Å². The standard InChI is InChI=1S/C7H6BrClN2O2/c1-10-6-5(9)3-2-4(8)7(6)11(12)13/h2-3,10H,1H3. The van der Waals surface area contributed by atoms with Crippen molar-refractivity contribution < 1.29 is 4.92 Å². The molecule has 0 atom stereocenters. The molecule has 0 spiro atoms. The molecule has 0 heterocycles. The van der Waals surface area contributed by atoms with E-state index in [2.05, 4.69) is 21.2 Å². The molecule has 0 radical (unpaired) electrons. The predicted molar refractivity (Wildman–Crippen MR) is 55.4 cm³/mol. The van der Waals surface area contributed by atoms with E-state index >= 15 is 0 Å². The van der Waals surface area contributed by atoms with Gasteiger partial charge in [-0.3, -0.25) is 10.1 Å². The quantitative estimate of drug-likeness (QED) is 0.660. The monoisotopic (exact) mass is 264 g/mol. The molecule has 1 aromatic rings. The summed E-state index contributed by atoms with van der Waals surface area (Å²) in [4.78, 5) is 10.1. The van der Waals surface area contributed by atoms with Crippen molar-refractivity contribution in [2.24, 2.45) is 0 Å². The molecule has 13 heavy (non-hydrogen) atoms. The van der Waals surface area contributed by atoms with E-state index < -0.39 is 4.92 Å². The van der Waals surface area contributed by atoms with Crippen molar-refractivity contribution >= 4 is 38.9 Å². The highest BCUT2D eigenvalue weighted by atomic mass is 79.9. The fourth-order valence-corrected chi connectivity index (χ4v) is 1.68. The van der Waals surface area contributed by atoms with Crippen molar-refractivity contribution in [2.45, 2.75) is 0 Å². The summed E-state index contributed by atoms with van der Waals surface area (Å²) in [5.41, 5.74) is 0.274. The van der Waals surface area contributed by atoms with E-state index in [0.29, 0.717) is 15.2 Å². The molecule has 0 bridgehead atoms. The zero-order valence-corrected chi connectivity index (χ0v) is 9.02. The third-order valence-corrected chi connectivity index (χ3v) is 2.47. The van der Waals surface area contributed by atoms with Gasteiger partial charge in [0, 0.05) is 7.05 Å². The van der Waals surface area contributed by atoms with Gasteiger partial charge in [-0.05, 0) is 28.1 Å². The third kappa shape index (κ3) is 1.92. The number of rotatable bonds is 2. The van der Waals surface area contributed by atoms with E-state index in [9.17, 15) is 10.1 Å². The summed E-state index contributed by atoms with van der Waals surface area (Å²) >= 11 is 8.84. The Morgan fingerprint density at radius 2 is 2.23 bits per heavy atom. The SMILES string of the molecule is CNc1c(Cl)ccc(Br)c1[N+](=O)[O-]. The topological polar surface area (TPSA) is 55.2 Å². The van der Waals surface area contributed by atoms with Crippen LogP contribution in [-0.4, -0.2) is 12.0 Å². The average molecular weight is 265 g/mol. The van der Waals surface area contributed by atoms with E-state index in [4.69, 9.17) is 11.6 Å². The maximum atomic E-state index is 10.6. The lowest BCUT2D eigenvalue weighted by Crippen LogP contribution is -1.98. The molecule has 0 aliphatic heterocycles. The summed E-state index contributed by atoms with van der Waals surface area (Å²) in [6, 6.07) is 3.13. The molecule has 0 saturated heterocycles. The molecule has 0 saturated carbocycles. The summed E-state index contributed by atoms with van der Waals surface area (Å²) in [6.07, 6.45) is 0. The second-order valence-electron chi connectivity index (χ2n) is 2.26. The predicted octanol–water partition coefficient (Wildman–Crippen LogP) is 3.05. The van der Waals surface area contributed by atoms with Crippen molar-refractivity contribution in [2.75, 3.05) is 12.4 Å². The highest BCUT2D eigenvalue weighted by molar-refractivity contribution is 9.10. The fourth-order valence-electron chi connectivity index (χ4n) is 0.957. The van der Waals surface area contributed by atoms with Crippen LogP contribution in [0.2, 0.25) is 5.02 Å². The van der Waals surface area contributed by atoms with Gasteiger partial charge in [-0.25, -0.2) is 0 Å². The van der Waals surface area contributed by atoms with Crippen LogP contribution in [-0.2, 0) is 0 Å². The Morgan fingerprint density at radius 1 is 1.62 bits per heavy atom. The van der Waals surface area contributed by atoms with Crippen LogP contribution in [0.1, 0.15) is 0 Å². The lowest BCUT2D eigenvalue weighted by Gasteiger charge is -2.05. The van der Waals surface area contributed by atoms with Gasteiger partial charge in [-0.15, -0.1) is 0 Å². The Balaban J connectivity index is 3.43. The molecule has 4 nitrogen and oxygen atoms in total. The molecule has 1 aromatic carbocycles. The molecular formula is C7H6BrClN2O2. The summed E-state index contributed by atoms with van der Waals surface area (Å²) in [5, 5.41) is 13.6. The minimum Gasteiger partial charge on any atom is -0.381 e. The Bertz CT molecular complexity index is 357. The first-order chi connectivity index (χ1) is 6.07. The Labute approximate surface area is 88.2 Å². The van der Waals surface area contributed by atoms with Crippen LogP contribution in [0.15, 0.2) is 16.6 Å². The largest absolute Gasteiger partial charge is 0.381 e. The van der Waals surface area contributed by atoms with E-state index in [1.807, 2.05) is 0 Å². The number of nitrogens with one attached hydrogen (secondary N) is 1. The van der Waals surface area contributed by atoms with Crippen LogP contribution >= 0.6 is 27.5 Å². The molecule has 0 fully saturated rings. The molecular weight excluding hydrogens is 259 g/mol. The molecule has 1 rings (SSSR count). The van der Waals surface area contributed by atoms with Gasteiger partial charge in [0.05, 0.1) is 14.4 Å². The number of nitrogens with zero attached hydrogens (tertiary/aromatic N) is 1. The third-order valence-electron chi connectivity index (χ3n) is 1.51. The van der Waals surface area contributed by atoms with E-state index in [1.165, 1.54) is 0 Å². The number of anilines is 1. The maximum absolute atomic E-state index is 10.6. The Hall–Kier alpha value is -0.810. The Morgan fingerprint density at radius 3 is 2.62 bits per heavy atom. The number of benzene rings is 1. The highest BCUT2D eigenvalue weighted by Gasteiger charge is 2.19. The second-order valence-corrected chi connectivity index (χ2v) is 3.52. The minimum absolute atomic E-state index is 0.0463. The van der Waals surface area contributed by atoms with Crippen molar-refractivity contribution in [3.05, 3.63) is 31.7 Å². The van der Waals surface area contributed by atoms with Gasteiger partial charge in [0.1, 0.15) is 5.69 Å². The van der Waals surface area contributed by atoms with Crippen LogP contribution in [0.5, 0.6) is 0 Å². The zero-order chi connectivity index (χ0) is 10.0. The number of nitro groups is 1. The lowest BCUT2D eigenvalue weighted by atomic mass is 10.2. The first-order valence-electron chi connectivity index (χ1n) is 3.38. The highest BCUT2D eigenvalue weighted by Crippen LogP contribution is 2.37. The van der Waals surface area contributed by atoms with Crippen molar-refractivity contribution in [3.8, 4) is 0 Å². The average Bonchev–Trinajstić information content (AvgIpc) is 2.07. The van der Waals surface area contributed by atoms with Gasteiger partial charge in [-0.1, -0.05) is 11.6 Å². The maximum Gasteiger partial charge on any atom is 0.307 e. The van der Waals surface area contributed by atoms with Crippen LogP contribution in [0.25, 0.3) is 0 Å². The van der Waals surface area contributed by atoms with Gasteiger partial charge in [0.2, 0.25) is 0 Å². The normalized spacial score (nSPS) is 9.77. The lowest BCUT2D eigenvalue weighted by molar-refractivity contribution is -0.384. The van der Waals surface area contributed by atoms with Gasteiger partial charge in [0.25, 0.3) is 0 Å². The van der Waals surface area contributed by atoms with E-state index in [0.717, 1.165) is 0 Å². The van der Waals surface area contributed by atoms with Crippen molar-refractivity contribution in [1.29, 1.82) is 0 Å². The Kier molecular flexibility index (Phi) is 3.11. The smallest absolute Gasteiger partial charge is 0.307 e. The molecule has 6 heteroatoms. The molecule has 0 unspecified atom stereocenters. The molecule has 0 aliphatic carbocycles. The summed E-state index contributed by atoms with van der Waals surface area (Å²) < 4.78 is 0.409. The molecule has 70 valence electrons. The summed E-state index contributed by atoms with van der Waals surface area (Å²) in [5.74, 6) is 0. The van der Waals surface area contributed by atoms with E-state index in [-0.39, 0.29) is 5.69 Å².